The molecule has 0 spiro atoms. The summed E-state index contributed by atoms with van der Waals surface area (Å²) >= 11 is 0. The summed E-state index contributed by atoms with van der Waals surface area (Å²) in [6.07, 6.45) is 11.3. The van der Waals surface area contributed by atoms with Gasteiger partial charge in [0, 0.05) is 36.3 Å². The molecule has 8 rings (SSSR count). The Morgan fingerprint density at radius 3 is 2.62 bits per heavy atom. The SMILES string of the molecule is c1ncc(-c2ccc3[nH]nc(-c4nc5c(-c6ccc7c(c6)OCO7)cncc5[nH]4)c3n2)cc1CN1CCCCC1. The Balaban J connectivity index is 1.16. The van der Waals surface area contributed by atoms with Gasteiger partial charge in [0.25, 0.3) is 0 Å². The summed E-state index contributed by atoms with van der Waals surface area (Å²) in [6, 6.07) is 12.1. The summed E-state index contributed by atoms with van der Waals surface area (Å²) in [5, 5.41) is 7.69. The van der Waals surface area contributed by atoms with Crippen LogP contribution in [0.15, 0.2) is 61.2 Å². The van der Waals surface area contributed by atoms with Crippen LogP contribution in [0.5, 0.6) is 11.5 Å². The van der Waals surface area contributed by atoms with Crippen LogP contribution < -0.4 is 9.47 Å². The van der Waals surface area contributed by atoms with Crippen LogP contribution >= 0.6 is 0 Å². The van der Waals surface area contributed by atoms with Crippen molar-refractivity contribution >= 4 is 22.1 Å². The van der Waals surface area contributed by atoms with E-state index in [4.69, 9.17) is 19.4 Å². The molecule has 198 valence electrons. The van der Waals surface area contributed by atoms with Crippen molar-refractivity contribution < 1.29 is 9.47 Å². The average molecular weight is 531 g/mol. The number of ether oxygens (including phenoxy) is 2. The van der Waals surface area contributed by atoms with Gasteiger partial charge in [0.1, 0.15) is 5.52 Å². The van der Waals surface area contributed by atoms with Gasteiger partial charge < -0.3 is 14.5 Å². The van der Waals surface area contributed by atoms with E-state index >= 15 is 0 Å². The van der Waals surface area contributed by atoms with Crippen molar-refractivity contribution in [2.24, 2.45) is 0 Å². The monoisotopic (exact) mass is 530 g/mol. The molecule has 0 saturated carbocycles. The van der Waals surface area contributed by atoms with Gasteiger partial charge in [0.2, 0.25) is 6.79 Å². The van der Waals surface area contributed by atoms with Gasteiger partial charge >= 0.3 is 0 Å². The van der Waals surface area contributed by atoms with Gasteiger partial charge in [0.15, 0.2) is 23.0 Å². The van der Waals surface area contributed by atoms with Crippen LogP contribution in [-0.2, 0) is 6.54 Å². The zero-order valence-corrected chi connectivity index (χ0v) is 21.7. The number of pyridine rings is 3. The van der Waals surface area contributed by atoms with E-state index in [2.05, 4.69) is 36.1 Å². The maximum Gasteiger partial charge on any atom is 0.231 e. The second-order valence-electron chi connectivity index (χ2n) is 10.3. The van der Waals surface area contributed by atoms with Gasteiger partial charge in [-0.2, -0.15) is 5.10 Å². The zero-order valence-electron chi connectivity index (χ0n) is 21.7. The molecule has 10 heteroatoms. The van der Waals surface area contributed by atoms with Gasteiger partial charge in [-0.3, -0.25) is 20.0 Å². The molecule has 7 heterocycles. The second-order valence-corrected chi connectivity index (χ2v) is 10.3. The normalized spacial score (nSPS) is 15.3. The number of rotatable bonds is 5. The molecule has 10 nitrogen and oxygen atoms in total. The summed E-state index contributed by atoms with van der Waals surface area (Å²) in [5.74, 6) is 2.08. The van der Waals surface area contributed by atoms with E-state index in [9.17, 15) is 0 Å². The van der Waals surface area contributed by atoms with E-state index < -0.39 is 0 Å². The Kier molecular flexibility index (Phi) is 5.44. The molecule has 0 aliphatic carbocycles. The number of hydrogen-bond donors (Lipinski definition) is 2. The number of aromatic nitrogens is 7. The third kappa shape index (κ3) is 4.04. The molecule has 2 N–H and O–H groups in total. The topological polar surface area (TPSA) is 118 Å². The molecule has 2 aliphatic rings. The van der Waals surface area contributed by atoms with E-state index in [1.54, 1.807) is 6.20 Å². The number of hydrogen-bond acceptors (Lipinski definition) is 8. The molecule has 40 heavy (non-hydrogen) atoms. The van der Waals surface area contributed by atoms with Crippen LogP contribution in [0.4, 0.5) is 0 Å². The molecule has 5 aromatic heterocycles. The first-order valence-corrected chi connectivity index (χ1v) is 13.5. The Labute approximate surface area is 229 Å². The Morgan fingerprint density at radius 1 is 0.775 bits per heavy atom. The van der Waals surface area contributed by atoms with Gasteiger partial charge in [-0.25, -0.2) is 9.97 Å². The predicted molar refractivity (Wildman–Crippen MR) is 151 cm³/mol. The number of nitrogens with one attached hydrogen (secondary N) is 2. The quantitative estimate of drug-likeness (QED) is 0.307. The van der Waals surface area contributed by atoms with E-state index in [1.165, 1.54) is 24.8 Å². The Morgan fingerprint density at radius 2 is 1.68 bits per heavy atom. The Hall–Kier alpha value is -4.83. The van der Waals surface area contributed by atoms with E-state index in [0.29, 0.717) is 11.5 Å². The number of H-pyrrole nitrogens is 2. The molecule has 6 aromatic rings. The van der Waals surface area contributed by atoms with Crippen molar-refractivity contribution in [3.05, 3.63) is 66.7 Å². The van der Waals surface area contributed by atoms with Crippen LogP contribution in [0.2, 0.25) is 0 Å². The third-order valence-electron chi connectivity index (χ3n) is 7.66. The van der Waals surface area contributed by atoms with Gasteiger partial charge in [-0.1, -0.05) is 12.5 Å². The van der Waals surface area contributed by atoms with Crippen molar-refractivity contribution in [1.82, 2.24) is 40.0 Å². The minimum absolute atomic E-state index is 0.230. The van der Waals surface area contributed by atoms with E-state index in [-0.39, 0.29) is 6.79 Å². The van der Waals surface area contributed by atoms with Crippen LogP contribution in [-0.4, -0.2) is 59.9 Å². The highest BCUT2D eigenvalue weighted by atomic mass is 16.7. The molecule has 0 bridgehead atoms. The molecule has 1 fully saturated rings. The molecule has 1 saturated heterocycles. The third-order valence-corrected chi connectivity index (χ3v) is 7.66. The zero-order chi connectivity index (χ0) is 26.5. The standard InChI is InChI=1S/C30H26N8O2/c1-2-8-38(9-3-1)16-18-10-20(13-31-12-18)22-5-6-23-28(33-22)29(37-36-23)30-34-24-15-32-14-21(27(24)35-30)19-4-7-25-26(11-19)40-17-39-25/h4-7,10-15H,1-3,8-9,16-17H2,(H,34,35)(H,36,37). The van der Waals surface area contributed by atoms with Crippen molar-refractivity contribution in [1.29, 1.82) is 0 Å². The molecule has 0 amide bonds. The predicted octanol–water partition coefficient (Wildman–Crippen LogP) is 5.34. The smallest absolute Gasteiger partial charge is 0.231 e. The fraction of sp³-hybridized carbons (Fsp3) is 0.233. The van der Waals surface area contributed by atoms with Crippen molar-refractivity contribution in [2.45, 2.75) is 25.8 Å². The number of aromatic amines is 2. The molecular weight excluding hydrogens is 504 g/mol. The highest BCUT2D eigenvalue weighted by Gasteiger charge is 2.19. The number of nitrogens with zero attached hydrogens (tertiary/aromatic N) is 6. The molecule has 1 aromatic carbocycles. The lowest BCUT2D eigenvalue weighted by Crippen LogP contribution is -2.29. The van der Waals surface area contributed by atoms with Gasteiger partial charge in [-0.05, 0) is 67.4 Å². The molecular formula is C30H26N8O2. The minimum Gasteiger partial charge on any atom is -0.454 e. The maximum atomic E-state index is 5.58. The summed E-state index contributed by atoms with van der Waals surface area (Å²) in [5.41, 5.74) is 8.73. The summed E-state index contributed by atoms with van der Waals surface area (Å²) in [4.78, 5) is 24.8. The summed E-state index contributed by atoms with van der Waals surface area (Å²) in [6.45, 7) is 3.44. The summed E-state index contributed by atoms with van der Waals surface area (Å²) < 4.78 is 11.0. The summed E-state index contributed by atoms with van der Waals surface area (Å²) in [7, 11) is 0. The number of likely N-dealkylation sites (tertiary alicyclic amines) is 1. The average Bonchev–Trinajstić information content (AvgIpc) is 3.75. The fourth-order valence-electron chi connectivity index (χ4n) is 5.64. The molecule has 2 aliphatic heterocycles. The van der Waals surface area contributed by atoms with E-state index in [1.807, 2.05) is 48.9 Å². The van der Waals surface area contributed by atoms with Crippen molar-refractivity contribution in [3.63, 3.8) is 0 Å². The molecule has 0 unspecified atom stereocenters. The lowest BCUT2D eigenvalue weighted by molar-refractivity contribution is 0.174. The fourth-order valence-corrected chi connectivity index (χ4v) is 5.64. The van der Waals surface area contributed by atoms with Gasteiger partial charge in [0.05, 0.1) is 28.4 Å². The molecule has 0 radical (unpaired) electrons. The first kappa shape index (κ1) is 23.1. The number of piperidine rings is 1. The largest absolute Gasteiger partial charge is 0.454 e. The highest BCUT2D eigenvalue weighted by Crippen LogP contribution is 2.38. The maximum absolute atomic E-state index is 5.58. The van der Waals surface area contributed by atoms with Crippen molar-refractivity contribution in [3.8, 4) is 45.4 Å². The lowest BCUT2D eigenvalue weighted by Gasteiger charge is -2.26. The van der Waals surface area contributed by atoms with Crippen LogP contribution in [0, 0.1) is 0 Å². The van der Waals surface area contributed by atoms with Crippen LogP contribution in [0.3, 0.4) is 0 Å². The second kappa shape index (κ2) is 9.42. The number of fused-ring (bicyclic) bond motifs is 3. The van der Waals surface area contributed by atoms with E-state index in [0.717, 1.165) is 75.6 Å². The highest BCUT2D eigenvalue weighted by molar-refractivity contribution is 5.96. The van der Waals surface area contributed by atoms with Gasteiger partial charge in [-0.15, -0.1) is 0 Å². The number of benzene rings is 1. The van der Waals surface area contributed by atoms with Crippen LogP contribution in [0.1, 0.15) is 24.8 Å². The minimum atomic E-state index is 0.230. The number of imidazole rings is 1. The van der Waals surface area contributed by atoms with Crippen molar-refractivity contribution in [2.75, 3.05) is 19.9 Å². The van der Waals surface area contributed by atoms with Crippen LogP contribution in [0.25, 0.3) is 56.0 Å². The lowest BCUT2D eigenvalue weighted by atomic mass is 10.1. The Bertz CT molecular complexity index is 1870. The first-order chi connectivity index (χ1) is 19.8. The first-order valence-electron chi connectivity index (χ1n) is 13.5. The molecule has 0 atom stereocenters.